The molecule has 0 radical (unpaired) electrons. The average molecular weight is 330 g/mol. The Kier molecular flexibility index (Phi) is 4.61. The summed E-state index contributed by atoms with van der Waals surface area (Å²) in [5.41, 5.74) is 0. The van der Waals surface area contributed by atoms with Crippen LogP contribution >= 0.6 is 0 Å². The molecule has 3 saturated heterocycles. The predicted molar refractivity (Wildman–Crippen MR) is 85.4 cm³/mol. The highest BCUT2D eigenvalue weighted by Gasteiger charge is 2.41. The van der Waals surface area contributed by atoms with Gasteiger partial charge in [-0.1, -0.05) is 0 Å². The molecule has 0 aromatic carbocycles. The van der Waals surface area contributed by atoms with Gasteiger partial charge in [0.15, 0.2) is 5.96 Å². The Morgan fingerprint density at radius 2 is 2.18 bits per heavy atom. The van der Waals surface area contributed by atoms with Gasteiger partial charge in [-0.25, -0.2) is 8.42 Å². The fourth-order valence-corrected chi connectivity index (χ4v) is 5.01. The van der Waals surface area contributed by atoms with E-state index in [1.807, 2.05) is 0 Å². The fraction of sp³-hybridized carbons (Fsp3) is 0.929. The maximum atomic E-state index is 11.8. The van der Waals surface area contributed by atoms with Gasteiger partial charge in [0.1, 0.15) is 0 Å². The van der Waals surface area contributed by atoms with E-state index >= 15 is 0 Å². The second kappa shape index (κ2) is 6.33. The van der Waals surface area contributed by atoms with Crippen molar-refractivity contribution in [3.63, 3.8) is 0 Å². The van der Waals surface area contributed by atoms with E-state index in [1.165, 1.54) is 12.7 Å². The minimum atomic E-state index is -3.12. The van der Waals surface area contributed by atoms with Crippen LogP contribution in [0.1, 0.15) is 32.1 Å². The van der Waals surface area contributed by atoms with Gasteiger partial charge in [0.05, 0.1) is 24.5 Å². The van der Waals surface area contributed by atoms with Gasteiger partial charge >= 0.3 is 0 Å². The molecule has 0 spiro atoms. The Bertz CT molecular complexity index is 536. The molecule has 7 nitrogen and oxygen atoms in total. The molecule has 8 heteroatoms. The van der Waals surface area contributed by atoms with Gasteiger partial charge in [-0.05, 0) is 32.1 Å². The summed E-state index contributed by atoms with van der Waals surface area (Å²) >= 11 is 0. The van der Waals surface area contributed by atoms with Crippen LogP contribution in [0.2, 0.25) is 0 Å². The molecule has 3 heterocycles. The van der Waals surface area contributed by atoms with Crippen molar-refractivity contribution in [3.8, 4) is 0 Å². The monoisotopic (exact) mass is 330 g/mol. The van der Waals surface area contributed by atoms with Gasteiger partial charge in [0.2, 0.25) is 10.0 Å². The Hall–Kier alpha value is -0.860. The molecule has 3 fully saturated rings. The van der Waals surface area contributed by atoms with Crippen molar-refractivity contribution in [2.45, 2.75) is 56.4 Å². The first-order valence-electron chi connectivity index (χ1n) is 8.07. The van der Waals surface area contributed by atoms with Gasteiger partial charge in [0, 0.05) is 26.2 Å². The van der Waals surface area contributed by atoms with E-state index in [1.54, 1.807) is 11.4 Å². The number of sulfonamides is 1. The zero-order valence-electron chi connectivity index (χ0n) is 13.3. The minimum Gasteiger partial charge on any atom is -0.373 e. The molecule has 0 amide bonds. The third-order valence-electron chi connectivity index (χ3n) is 4.91. The van der Waals surface area contributed by atoms with Crippen molar-refractivity contribution < 1.29 is 13.2 Å². The Morgan fingerprint density at radius 1 is 1.36 bits per heavy atom. The maximum Gasteiger partial charge on any atom is 0.211 e. The summed E-state index contributed by atoms with van der Waals surface area (Å²) in [6, 6.07) is 0.337. The number of hydrogen-bond donors (Lipinski definition) is 2. The standard InChI is InChI=1S/C14H26N4O3S/c1-15-14(17-12-8-11-5-6-13(12)21-11)16-9-10-4-3-7-18(10)22(2,19)20/h10-13H,3-9H2,1-2H3,(H2,15,16,17)/t10-,11?,12?,13?/m1/s1. The number of fused-ring (bicyclic) bond motifs is 2. The van der Waals surface area contributed by atoms with Crippen molar-refractivity contribution >= 4 is 16.0 Å². The summed E-state index contributed by atoms with van der Waals surface area (Å²) in [7, 11) is -1.38. The summed E-state index contributed by atoms with van der Waals surface area (Å²) in [5, 5.41) is 6.70. The smallest absolute Gasteiger partial charge is 0.211 e. The first kappa shape index (κ1) is 16.0. The second-order valence-corrected chi connectivity index (χ2v) is 8.42. The number of rotatable bonds is 4. The number of ether oxygens (including phenoxy) is 1. The molecule has 0 saturated carbocycles. The Balaban J connectivity index is 1.51. The number of hydrogen-bond acceptors (Lipinski definition) is 4. The van der Waals surface area contributed by atoms with Gasteiger partial charge in [-0.3, -0.25) is 4.99 Å². The molecule has 0 aliphatic carbocycles. The maximum absolute atomic E-state index is 11.8. The third-order valence-corrected chi connectivity index (χ3v) is 6.24. The average Bonchev–Trinajstić information content (AvgIpc) is 3.17. The molecule has 22 heavy (non-hydrogen) atoms. The van der Waals surface area contributed by atoms with E-state index in [-0.39, 0.29) is 6.04 Å². The van der Waals surface area contributed by atoms with Crippen LogP contribution in [0.4, 0.5) is 0 Å². The van der Waals surface area contributed by atoms with Gasteiger partial charge < -0.3 is 15.4 Å². The molecule has 4 atom stereocenters. The molecule has 2 N–H and O–H groups in total. The van der Waals surface area contributed by atoms with Crippen LogP contribution in [-0.2, 0) is 14.8 Å². The van der Waals surface area contributed by atoms with E-state index in [9.17, 15) is 8.42 Å². The summed E-state index contributed by atoms with van der Waals surface area (Å²) in [4.78, 5) is 4.25. The summed E-state index contributed by atoms with van der Waals surface area (Å²) in [6.45, 7) is 1.21. The summed E-state index contributed by atoms with van der Waals surface area (Å²) < 4.78 is 30.9. The molecule has 0 aromatic rings. The van der Waals surface area contributed by atoms with Crippen LogP contribution in [-0.4, -0.2) is 69.4 Å². The van der Waals surface area contributed by atoms with Gasteiger partial charge in [-0.2, -0.15) is 4.31 Å². The van der Waals surface area contributed by atoms with E-state index in [2.05, 4.69) is 15.6 Å². The van der Waals surface area contributed by atoms with Crippen LogP contribution in [0.15, 0.2) is 4.99 Å². The SMILES string of the molecule is CN=C(NC[C@H]1CCCN1S(C)(=O)=O)NC1CC2CCC1O2. The van der Waals surface area contributed by atoms with Crippen molar-refractivity contribution in [2.75, 3.05) is 26.4 Å². The van der Waals surface area contributed by atoms with Gasteiger partial charge in [-0.15, -0.1) is 0 Å². The number of guanidine groups is 1. The molecule has 3 unspecified atom stereocenters. The zero-order chi connectivity index (χ0) is 15.7. The molecule has 0 aromatic heterocycles. The van der Waals surface area contributed by atoms with Crippen LogP contribution in [0.25, 0.3) is 0 Å². The van der Waals surface area contributed by atoms with Crippen LogP contribution in [0.5, 0.6) is 0 Å². The summed E-state index contributed by atoms with van der Waals surface area (Å²) in [6.07, 6.45) is 7.11. The molecule has 126 valence electrons. The topological polar surface area (TPSA) is 83.0 Å². The van der Waals surface area contributed by atoms with Crippen molar-refractivity contribution in [2.24, 2.45) is 4.99 Å². The molecule has 3 aliphatic rings. The molecule has 3 aliphatic heterocycles. The largest absolute Gasteiger partial charge is 0.373 e. The van der Waals surface area contributed by atoms with Gasteiger partial charge in [0.25, 0.3) is 0 Å². The lowest BCUT2D eigenvalue weighted by molar-refractivity contribution is 0.0992. The predicted octanol–water partition coefficient (Wildman–Crippen LogP) is -0.105. The minimum absolute atomic E-state index is 0.0184. The fourth-order valence-electron chi connectivity index (χ4n) is 3.82. The molecular weight excluding hydrogens is 304 g/mol. The van der Waals surface area contributed by atoms with Crippen LogP contribution < -0.4 is 10.6 Å². The molecule has 3 rings (SSSR count). The van der Waals surface area contributed by atoms with Crippen LogP contribution in [0, 0.1) is 0 Å². The molecule has 2 bridgehead atoms. The first-order valence-corrected chi connectivity index (χ1v) is 9.91. The lowest BCUT2D eigenvalue weighted by Gasteiger charge is -2.26. The molecular formula is C14H26N4O3S. The summed E-state index contributed by atoms with van der Waals surface area (Å²) in [5.74, 6) is 0.738. The van der Waals surface area contributed by atoms with E-state index in [4.69, 9.17) is 4.74 Å². The third kappa shape index (κ3) is 3.38. The van der Waals surface area contributed by atoms with Crippen LogP contribution in [0.3, 0.4) is 0 Å². The van der Waals surface area contributed by atoms with E-state index in [0.29, 0.717) is 31.3 Å². The highest BCUT2D eigenvalue weighted by atomic mass is 32.2. The lowest BCUT2D eigenvalue weighted by atomic mass is 9.96. The van der Waals surface area contributed by atoms with E-state index < -0.39 is 10.0 Å². The van der Waals surface area contributed by atoms with Crippen molar-refractivity contribution in [3.05, 3.63) is 0 Å². The van der Waals surface area contributed by atoms with Crippen molar-refractivity contribution in [1.29, 1.82) is 0 Å². The highest BCUT2D eigenvalue weighted by molar-refractivity contribution is 7.88. The quantitative estimate of drug-likeness (QED) is 0.555. The number of nitrogens with zero attached hydrogens (tertiary/aromatic N) is 2. The number of nitrogens with one attached hydrogen (secondary N) is 2. The Labute approximate surface area is 132 Å². The zero-order valence-corrected chi connectivity index (χ0v) is 14.1. The van der Waals surface area contributed by atoms with E-state index in [0.717, 1.165) is 31.6 Å². The lowest BCUT2D eigenvalue weighted by Crippen LogP contribution is -2.50. The number of aliphatic imine (C=N–C) groups is 1. The Morgan fingerprint density at radius 3 is 2.77 bits per heavy atom. The normalized spacial score (nSPS) is 36.0. The second-order valence-electron chi connectivity index (χ2n) is 6.48. The highest BCUT2D eigenvalue weighted by Crippen LogP contribution is 2.34. The first-order chi connectivity index (χ1) is 10.5. The van der Waals surface area contributed by atoms with Crippen molar-refractivity contribution in [1.82, 2.24) is 14.9 Å².